The Kier molecular flexibility index (Phi) is 5.57. The van der Waals surface area contributed by atoms with E-state index in [1.54, 1.807) is 19.1 Å². The van der Waals surface area contributed by atoms with E-state index in [1.807, 2.05) is 13.0 Å². The number of carbonyl (C=O) groups is 1. The van der Waals surface area contributed by atoms with Gasteiger partial charge in [0.2, 0.25) is 0 Å². The van der Waals surface area contributed by atoms with Gasteiger partial charge in [-0.15, -0.1) is 0 Å². The van der Waals surface area contributed by atoms with Gasteiger partial charge in [0.25, 0.3) is 0 Å². The van der Waals surface area contributed by atoms with Gasteiger partial charge in [-0.2, -0.15) is 0 Å². The van der Waals surface area contributed by atoms with Crippen molar-refractivity contribution in [1.29, 1.82) is 0 Å². The molecular formula is C19H18BrFO3. The lowest BCUT2D eigenvalue weighted by Crippen LogP contribution is -2.23. The topological polar surface area (TPSA) is 57.5 Å². The Morgan fingerprint density at radius 3 is 2.38 bits per heavy atom. The second-order valence-corrected chi connectivity index (χ2v) is 6.58. The van der Waals surface area contributed by atoms with Crippen LogP contribution in [-0.4, -0.2) is 16.2 Å². The summed E-state index contributed by atoms with van der Waals surface area (Å²) in [5, 5.41) is 20.0. The van der Waals surface area contributed by atoms with Gasteiger partial charge in [-0.25, -0.2) is 9.18 Å². The van der Waals surface area contributed by atoms with Crippen molar-refractivity contribution in [2.75, 3.05) is 0 Å². The monoisotopic (exact) mass is 392 g/mol. The van der Waals surface area contributed by atoms with E-state index < -0.39 is 11.6 Å². The van der Waals surface area contributed by atoms with Crippen molar-refractivity contribution >= 4 is 27.5 Å². The Hall–Kier alpha value is -1.98. The average molecular weight is 393 g/mol. The molecule has 0 amide bonds. The summed E-state index contributed by atoms with van der Waals surface area (Å²) in [6.45, 7) is 3.49. The number of hydrogen-bond donors (Lipinski definition) is 2. The Labute approximate surface area is 148 Å². The number of allylic oxidation sites excluding steroid dienone is 1. The number of halogens is 2. The van der Waals surface area contributed by atoms with E-state index in [1.165, 1.54) is 24.3 Å². The van der Waals surface area contributed by atoms with Crippen molar-refractivity contribution in [3.05, 3.63) is 75.5 Å². The zero-order valence-corrected chi connectivity index (χ0v) is 15.0. The zero-order valence-electron chi connectivity index (χ0n) is 13.4. The highest BCUT2D eigenvalue weighted by atomic mass is 79.9. The third-order valence-electron chi connectivity index (χ3n) is 3.92. The van der Waals surface area contributed by atoms with Gasteiger partial charge in [0, 0.05) is 10.5 Å². The molecule has 0 heterocycles. The summed E-state index contributed by atoms with van der Waals surface area (Å²) in [4.78, 5) is 11.0. The molecule has 3 nitrogen and oxygen atoms in total. The van der Waals surface area contributed by atoms with E-state index in [4.69, 9.17) is 5.11 Å². The lowest BCUT2D eigenvalue weighted by Gasteiger charge is -2.26. The Morgan fingerprint density at radius 2 is 1.83 bits per heavy atom. The summed E-state index contributed by atoms with van der Waals surface area (Å²) in [6.07, 6.45) is 1.71. The molecule has 0 saturated heterocycles. The molecule has 2 N–H and O–H groups in total. The summed E-state index contributed by atoms with van der Waals surface area (Å²) in [7, 11) is 0. The summed E-state index contributed by atoms with van der Waals surface area (Å²) < 4.78 is 13.9. The molecule has 5 heteroatoms. The normalized spacial score (nSPS) is 14.3. The molecule has 2 rings (SSSR count). The number of hydrogen-bond acceptors (Lipinski definition) is 2. The molecule has 1 atom stereocenters. The van der Waals surface area contributed by atoms with Crippen LogP contribution in [0.5, 0.6) is 0 Å². The van der Waals surface area contributed by atoms with Gasteiger partial charge < -0.3 is 10.2 Å². The minimum atomic E-state index is -1.34. The molecule has 0 bridgehead atoms. The van der Waals surface area contributed by atoms with Crippen LogP contribution in [0.1, 0.15) is 37.0 Å². The number of carboxylic acids is 1. The van der Waals surface area contributed by atoms with Gasteiger partial charge in [-0.05, 0) is 65.9 Å². The van der Waals surface area contributed by atoms with E-state index in [0.29, 0.717) is 28.7 Å². The van der Waals surface area contributed by atoms with E-state index in [-0.39, 0.29) is 5.82 Å². The molecule has 0 fully saturated rings. The first-order valence-electron chi connectivity index (χ1n) is 7.47. The number of aliphatic carboxylic acids is 1. The van der Waals surface area contributed by atoms with Crippen molar-refractivity contribution < 1.29 is 19.4 Å². The molecule has 0 aliphatic rings. The van der Waals surface area contributed by atoms with E-state index in [0.717, 1.165) is 10.5 Å². The minimum Gasteiger partial charge on any atom is -0.478 e. The fourth-order valence-corrected chi connectivity index (χ4v) is 3.03. The predicted molar refractivity (Wildman–Crippen MR) is 95.1 cm³/mol. The van der Waals surface area contributed by atoms with Crippen molar-refractivity contribution in [2.45, 2.75) is 25.9 Å². The molecule has 0 saturated carbocycles. The molecular weight excluding hydrogens is 375 g/mol. The van der Waals surface area contributed by atoms with Crippen LogP contribution in [-0.2, 0) is 10.4 Å². The first kappa shape index (κ1) is 18.4. The second kappa shape index (κ2) is 7.28. The molecule has 0 aliphatic carbocycles. The van der Waals surface area contributed by atoms with Crippen LogP contribution in [0.2, 0.25) is 0 Å². The molecule has 126 valence electrons. The van der Waals surface area contributed by atoms with Gasteiger partial charge in [0.05, 0.1) is 0 Å². The van der Waals surface area contributed by atoms with Gasteiger partial charge in [-0.3, -0.25) is 0 Å². The summed E-state index contributed by atoms with van der Waals surface area (Å²) >= 11 is 3.41. The largest absolute Gasteiger partial charge is 0.478 e. The zero-order chi connectivity index (χ0) is 17.9. The highest BCUT2D eigenvalue weighted by Gasteiger charge is 2.26. The summed E-state index contributed by atoms with van der Waals surface area (Å²) in [5.74, 6) is -1.39. The third kappa shape index (κ3) is 4.10. The highest BCUT2D eigenvalue weighted by molar-refractivity contribution is 9.10. The molecule has 1 unspecified atom stereocenters. The van der Waals surface area contributed by atoms with Gasteiger partial charge >= 0.3 is 5.97 Å². The predicted octanol–water partition coefficient (Wildman–Crippen LogP) is 4.72. The fourth-order valence-electron chi connectivity index (χ4n) is 2.54. The molecule has 0 spiro atoms. The Morgan fingerprint density at radius 1 is 1.21 bits per heavy atom. The van der Waals surface area contributed by atoms with Crippen molar-refractivity contribution in [1.82, 2.24) is 0 Å². The quantitative estimate of drug-likeness (QED) is 0.723. The van der Waals surface area contributed by atoms with E-state index in [9.17, 15) is 14.3 Å². The first-order valence-corrected chi connectivity index (χ1v) is 8.26. The highest BCUT2D eigenvalue weighted by Crippen LogP contribution is 2.34. The van der Waals surface area contributed by atoms with E-state index >= 15 is 0 Å². The van der Waals surface area contributed by atoms with Crippen LogP contribution < -0.4 is 0 Å². The molecule has 0 aromatic heterocycles. The van der Waals surface area contributed by atoms with Gasteiger partial charge in [0.15, 0.2) is 0 Å². The Balaban J connectivity index is 2.54. The van der Waals surface area contributed by atoms with Crippen molar-refractivity contribution in [3.8, 4) is 0 Å². The fraction of sp³-hybridized carbons (Fsp3) is 0.211. The summed E-state index contributed by atoms with van der Waals surface area (Å²) in [6, 6.07) is 11.0. The standard InChI is InChI=1S/C19H18BrFO3/c1-3-12(10-18(22)23)13-8-15(11-16(20)9-13)19(2,24)14-4-6-17(21)7-5-14/h4-11,24H,3H2,1-2H3,(H,22,23). The molecule has 24 heavy (non-hydrogen) atoms. The third-order valence-corrected chi connectivity index (χ3v) is 4.37. The summed E-state index contributed by atoms with van der Waals surface area (Å²) in [5.41, 5.74) is 1.16. The SMILES string of the molecule is CCC(=CC(=O)O)c1cc(Br)cc(C(C)(O)c2ccc(F)cc2)c1. The lowest BCUT2D eigenvalue weighted by molar-refractivity contribution is -0.131. The molecule has 2 aromatic carbocycles. The Bertz CT molecular complexity index is 780. The minimum absolute atomic E-state index is 0.373. The van der Waals surface area contributed by atoms with Crippen LogP contribution in [0, 0.1) is 5.82 Å². The smallest absolute Gasteiger partial charge is 0.328 e. The van der Waals surface area contributed by atoms with Gasteiger partial charge in [0.1, 0.15) is 11.4 Å². The van der Waals surface area contributed by atoms with Crippen LogP contribution in [0.15, 0.2) is 53.0 Å². The number of benzene rings is 2. The molecule has 0 radical (unpaired) electrons. The average Bonchev–Trinajstić information content (AvgIpc) is 2.52. The lowest BCUT2D eigenvalue weighted by atomic mass is 9.86. The van der Waals surface area contributed by atoms with Crippen LogP contribution >= 0.6 is 15.9 Å². The number of carboxylic acid groups (broad SMARTS) is 1. The molecule has 2 aromatic rings. The maximum absolute atomic E-state index is 13.1. The maximum Gasteiger partial charge on any atom is 0.328 e. The first-order chi connectivity index (χ1) is 11.2. The maximum atomic E-state index is 13.1. The van der Waals surface area contributed by atoms with Crippen molar-refractivity contribution in [2.24, 2.45) is 0 Å². The number of aliphatic hydroxyl groups is 1. The molecule has 0 aliphatic heterocycles. The van der Waals surface area contributed by atoms with E-state index in [2.05, 4.69) is 15.9 Å². The van der Waals surface area contributed by atoms with Crippen LogP contribution in [0.3, 0.4) is 0 Å². The van der Waals surface area contributed by atoms with Crippen LogP contribution in [0.4, 0.5) is 4.39 Å². The number of rotatable bonds is 5. The van der Waals surface area contributed by atoms with Crippen LogP contribution in [0.25, 0.3) is 5.57 Å². The second-order valence-electron chi connectivity index (χ2n) is 5.67. The van der Waals surface area contributed by atoms with Crippen molar-refractivity contribution in [3.63, 3.8) is 0 Å². The van der Waals surface area contributed by atoms with Gasteiger partial charge in [-0.1, -0.05) is 35.0 Å².